The summed E-state index contributed by atoms with van der Waals surface area (Å²) in [5.74, 6) is 0. The van der Waals surface area contributed by atoms with Gasteiger partial charge in [-0.3, -0.25) is 0 Å². The van der Waals surface area contributed by atoms with Crippen molar-refractivity contribution < 1.29 is 0 Å². The van der Waals surface area contributed by atoms with Crippen molar-refractivity contribution in [3.05, 3.63) is 29.8 Å². The molecular weight excluding hydrogens is 194 g/mol. The van der Waals surface area contributed by atoms with Crippen LogP contribution in [-0.2, 0) is 5.41 Å². The first-order chi connectivity index (χ1) is 7.54. The summed E-state index contributed by atoms with van der Waals surface area (Å²) in [4.78, 5) is 0. The molecule has 0 aromatic heterocycles. The molecular formula is C15H29N. The zero-order chi connectivity index (χ0) is 13.2. The van der Waals surface area contributed by atoms with E-state index in [1.54, 1.807) is 0 Å². The molecule has 0 radical (unpaired) electrons. The number of hydrogen-bond acceptors (Lipinski definition) is 1. The Morgan fingerprint density at radius 3 is 1.44 bits per heavy atom. The second kappa shape index (κ2) is 9.26. The average molecular weight is 223 g/mol. The van der Waals surface area contributed by atoms with Crippen LogP contribution in [0, 0.1) is 0 Å². The minimum absolute atomic E-state index is 0.256. The maximum Gasteiger partial charge on any atom is 0.0337 e. The zero-order valence-electron chi connectivity index (χ0n) is 12.3. The van der Waals surface area contributed by atoms with Gasteiger partial charge in [0.1, 0.15) is 0 Å². The molecule has 0 atom stereocenters. The highest BCUT2D eigenvalue weighted by molar-refractivity contribution is 5.44. The van der Waals surface area contributed by atoms with Crippen LogP contribution in [-0.4, -0.2) is 7.05 Å². The Morgan fingerprint density at radius 2 is 1.19 bits per heavy atom. The number of nitrogens with one attached hydrogen (secondary N) is 1. The molecule has 0 saturated carbocycles. The van der Waals surface area contributed by atoms with Gasteiger partial charge in [-0.15, -0.1) is 0 Å². The maximum absolute atomic E-state index is 3.11. The fourth-order valence-corrected chi connectivity index (χ4v) is 1.14. The van der Waals surface area contributed by atoms with Crippen LogP contribution in [0.4, 0.5) is 5.69 Å². The van der Waals surface area contributed by atoms with Gasteiger partial charge in [-0.25, -0.2) is 0 Å². The lowest BCUT2D eigenvalue weighted by atomic mass is 9.87. The molecule has 1 aromatic carbocycles. The van der Waals surface area contributed by atoms with Crippen molar-refractivity contribution in [3.63, 3.8) is 0 Å². The van der Waals surface area contributed by atoms with E-state index in [0.29, 0.717) is 0 Å². The third kappa shape index (κ3) is 6.49. The monoisotopic (exact) mass is 223 g/mol. The molecule has 0 heterocycles. The first-order valence-electron chi connectivity index (χ1n) is 6.32. The van der Waals surface area contributed by atoms with Gasteiger partial charge in [-0.2, -0.15) is 0 Å². The highest BCUT2D eigenvalue weighted by atomic mass is 14.8. The highest BCUT2D eigenvalue weighted by Crippen LogP contribution is 2.23. The van der Waals surface area contributed by atoms with E-state index < -0.39 is 0 Å². The molecule has 94 valence electrons. The van der Waals surface area contributed by atoms with Crippen LogP contribution < -0.4 is 5.32 Å². The molecule has 1 N–H and O–H groups in total. The molecule has 0 aliphatic heterocycles. The molecule has 16 heavy (non-hydrogen) atoms. The first kappa shape index (κ1) is 17.4. The van der Waals surface area contributed by atoms with Crippen LogP contribution >= 0.6 is 0 Å². The van der Waals surface area contributed by atoms with E-state index in [4.69, 9.17) is 0 Å². The molecule has 1 nitrogen and oxygen atoms in total. The van der Waals surface area contributed by atoms with Crippen molar-refractivity contribution in [3.8, 4) is 0 Å². The Morgan fingerprint density at radius 1 is 0.812 bits per heavy atom. The standard InChI is InChI=1S/C11H17N.2C2H6/c1-11(2,3)9-5-7-10(12-4)8-6-9;2*1-2/h5-8,12H,1-4H3;2*1-2H3. The van der Waals surface area contributed by atoms with Crippen LogP contribution in [0.3, 0.4) is 0 Å². The zero-order valence-corrected chi connectivity index (χ0v) is 12.3. The van der Waals surface area contributed by atoms with Crippen LogP contribution in [0.25, 0.3) is 0 Å². The second-order valence-electron chi connectivity index (χ2n) is 4.08. The van der Waals surface area contributed by atoms with E-state index in [2.05, 4.69) is 50.4 Å². The van der Waals surface area contributed by atoms with Crippen LogP contribution in [0.5, 0.6) is 0 Å². The van der Waals surface area contributed by atoms with E-state index in [1.165, 1.54) is 11.3 Å². The topological polar surface area (TPSA) is 12.0 Å². The van der Waals surface area contributed by atoms with Gasteiger partial charge < -0.3 is 5.32 Å². The third-order valence-electron chi connectivity index (χ3n) is 2.04. The summed E-state index contributed by atoms with van der Waals surface area (Å²) in [5.41, 5.74) is 2.80. The van der Waals surface area contributed by atoms with Crippen molar-refractivity contribution in [1.82, 2.24) is 0 Å². The van der Waals surface area contributed by atoms with Crippen LogP contribution in [0.15, 0.2) is 24.3 Å². The summed E-state index contributed by atoms with van der Waals surface area (Å²) in [6, 6.07) is 8.57. The summed E-state index contributed by atoms with van der Waals surface area (Å²) < 4.78 is 0. The maximum atomic E-state index is 3.11. The van der Waals surface area contributed by atoms with Gasteiger partial charge in [-0.05, 0) is 23.1 Å². The van der Waals surface area contributed by atoms with E-state index in [0.717, 1.165) is 0 Å². The van der Waals surface area contributed by atoms with Gasteiger partial charge in [0, 0.05) is 12.7 Å². The lowest BCUT2D eigenvalue weighted by molar-refractivity contribution is 0.590. The predicted octanol–water partition coefficient (Wildman–Crippen LogP) is 5.08. The Labute approximate surface area is 102 Å². The molecule has 1 aromatic rings. The van der Waals surface area contributed by atoms with Crippen molar-refractivity contribution >= 4 is 5.69 Å². The molecule has 0 spiro atoms. The largest absolute Gasteiger partial charge is 0.388 e. The lowest BCUT2D eigenvalue weighted by Crippen LogP contribution is -2.10. The molecule has 1 heteroatoms. The SMILES string of the molecule is CC.CC.CNc1ccc(C(C)(C)C)cc1. The van der Waals surface area contributed by atoms with E-state index >= 15 is 0 Å². The fourth-order valence-electron chi connectivity index (χ4n) is 1.14. The van der Waals surface area contributed by atoms with E-state index in [9.17, 15) is 0 Å². The van der Waals surface area contributed by atoms with Crippen molar-refractivity contribution in [2.75, 3.05) is 12.4 Å². The number of hydrogen-bond donors (Lipinski definition) is 1. The molecule has 0 unspecified atom stereocenters. The second-order valence-corrected chi connectivity index (χ2v) is 4.08. The number of benzene rings is 1. The smallest absolute Gasteiger partial charge is 0.0337 e. The molecule has 0 saturated heterocycles. The van der Waals surface area contributed by atoms with Crippen molar-refractivity contribution in [2.45, 2.75) is 53.9 Å². The summed E-state index contributed by atoms with van der Waals surface area (Å²) >= 11 is 0. The summed E-state index contributed by atoms with van der Waals surface area (Å²) in [5, 5.41) is 3.11. The molecule has 0 fully saturated rings. The van der Waals surface area contributed by atoms with Gasteiger partial charge in [0.2, 0.25) is 0 Å². The van der Waals surface area contributed by atoms with Gasteiger partial charge in [-0.1, -0.05) is 60.6 Å². The minimum atomic E-state index is 0.256. The number of anilines is 1. The summed E-state index contributed by atoms with van der Waals surface area (Å²) in [6.07, 6.45) is 0. The Bertz CT molecular complexity index is 241. The van der Waals surface area contributed by atoms with E-state index in [1.807, 2.05) is 34.7 Å². The number of rotatable bonds is 1. The van der Waals surface area contributed by atoms with Gasteiger partial charge >= 0.3 is 0 Å². The fraction of sp³-hybridized carbons (Fsp3) is 0.600. The van der Waals surface area contributed by atoms with Gasteiger partial charge in [0.25, 0.3) is 0 Å². The minimum Gasteiger partial charge on any atom is -0.388 e. The quantitative estimate of drug-likeness (QED) is 0.700. The van der Waals surface area contributed by atoms with Crippen molar-refractivity contribution in [1.29, 1.82) is 0 Å². The first-order valence-corrected chi connectivity index (χ1v) is 6.32. The molecule has 0 aliphatic rings. The highest BCUT2D eigenvalue weighted by Gasteiger charge is 2.12. The van der Waals surface area contributed by atoms with Crippen LogP contribution in [0.2, 0.25) is 0 Å². The normalized spacial score (nSPS) is 9.25. The van der Waals surface area contributed by atoms with E-state index in [-0.39, 0.29) is 5.41 Å². The molecule has 0 bridgehead atoms. The van der Waals surface area contributed by atoms with Gasteiger partial charge in [0.05, 0.1) is 0 Å². The van der Waals surface area contributed by atoms with Gasteiger partial charge in [0.15, 0.2) is 0 Å². The Hall–Kier alpha value is -0.980. The van der Waals surface area contributed by atoms with Crippen LogP contribution in [0.1, 0.15) is 54.0 Å². The van der Waals surface area contributed by atoms with Crippen molar-refractivity contribution in [2.24, 2.45) is 0 Å². The third-order valence-corrected chi connectivity index (χ3v) is 2.04. The lowest BCUT2D eigenvalue weighted by Gasteiger charge is -2.18. The Balaban J connectivity index is 0. The average Bonchev–Trinajstić information content (AvgIpc) is 2.33. The molecule has 1 rings (SSSR count). The Kier molecular flexibility index (Phi) is 10.1. The summed E-state index contributed by atoms with van der Waals surface area (Å²) in [7, 11) is 1.94. The predicted molar refractivity (Wildman–Crippen MR) is 77.4 cm³/mol. The molecule has 0 aliphatic carbocycles. The summed E-state index contributed by atoms with van der Waals surface area (Å²) in [6.45, 7) is 14.7. The molecule has 0 amide bonds.